The van der Waals surface area contributed by atoms with Gasteiger partial charge in [-0.15, -0.1) is 5.10 Å². The fraction of sp³-hybridized carbons (Fsp3) is 0.167. The van der Waals surface area contributed by atoms with E-state index < -0.39 is 0 Å². The van der Waals surface area contributed by atoms with Gasteiger partial charge < -0.3 is 10.6 Å². The van der Waals surface area contributed by atoms with E-state index in [1.54, 1.807) is 6.20 Å². The molecule has 0 radical (unpaired) electrons. The highest BCUT2D eigenvalue weighted by molar-refractivity contribution is 6.33. The monoisotopic (exact) mass is 373 g/mol. The minimum atomic E-state index is 0.408. The molecule has 0 aliphatic rings. The van der Waals surface area contributed by atoms with Gasteiger partial charge in [-0.05, 0) is 42.7 Å². The molecule has 0 saturated heterocycles. The molecule has 0 aliphatic carbocycles. The molecule has 0 aliphatic heterocycles. The Kier molecular flexibility index (Phi) is 5.36. The molecule has 3 rings (SSSR count). The summed E-state index contributed by atoms with van der Waals surface area (Å²) in [4.78, 5) is 4.42. The van der Waals surface area contributed by atoms with Crippen LogP contribution in [0.5, 0.6) is 0 Å². The van der Waals surface area contributed by atoms with E-state index in [0.717, 1.165) is 22.4 Å². The molecule has 0 saturated carbocycles. The van der Waals surface area contributed by atoms with Gasteiger partial charge >= 0.3 is 0 Å². The van der Waals surface area contributed by atoms with Crippen LogP contribution in [0.1, 0.15) is 16.7 Å². The normalized spacial score (nSPS) is 10.6. The predicted molar refractivity (Wildman–Crippen MR) is 103 cm³/mol. The van der Waals surface area contributed by atoms with Crippen LogP contribution in [-0.2, 0) is 6.54 Å². The predicted octanol–water partition coefficient (Wildman–Crippen LogP) is 5.15. The van der Waals surface area contributed by atoms with E-state index in [0.29, 0.717) is 28.4 Å². The summed E-state index contributed by atoms with van der Waals surface area (Å²) in [6.07, 6.45) is 1.55. The first-order valence-corrected chi connectivity index (χ1v) is 8.49. The second kappa shape index (κ2) is 7.68. The lowest BCUT2D eigenvalue weighted by molar-refractivity contribution is 0.948. The summed E-state index contributed by atoms with van der Waals surface area (Å²) in [7, 11) is 0. The van der Waals surface area contributed by atoms with Crippen molar-refractivity contribution in [3.63, 3.8) is 0 Å². The SMILES string of the molecule is Cc1cc(C)c(Nc2cnnc(NCc3ccccc3Cl)n2)c(Cl)c1. The van der Waals surface area contributed by atoms with E-state index in [4.69, 9.17) is 23.2 Å². The number of aryl methyl sites for hydroxylation is 2. The number of aromatic nitrogens is 3. The van der Waals surface area contributed by atoms with Gasteiger partial charge in [0.15, 0.2) is 5.82 Å². The Labute approximate surface area is 156 Å². The number of nitrogens with zero attached hydrogens (tertiary/aromatic N) is 3. The summed E-state index contributed by atoms with van der Waals surface area (Å²) in [5, 5.41) is 15.6. The van der Waals surface area contributed by atoms with Gasteiger partial charge in [-0.1, -0.05) is 47.5 Å². The Hall–Kier alpha value is -2.37. The maximum Gasteiger partial charge on any atom is 0.244 e. The Morgan fingerprint density at radius 3 is 2.60 bits per heavy atom. The zero-order chi connectivity index (χ0) is 17.8. The van der Waals surface area contributed by atoms with Gasteiger partial charge in [-0.3, -0.25) is 0 Å². The number of rotatable bonds is 5. The van der Waals surface area contributed by atoms with Crippen LogP contribution in [0.2, 0.25) is 10.0 Å². The van der Waals surface area contributed by atoms with Crippen molar-refractivity contribution in [1.82, 2.24) is 15.2 Å². The van der Waals surface area contributed by atoms with Crippen LogP contribution in [0.3, 0.4) is 0 Å². The second-order valence-corrected chi connectivity index (χ2v) is 6.49. The first kappa shape index (κ1) is 17.5. The first-order valence-electron chi connectivity index (χ1n) is 7.73. The minimum Gasteiger partial charge on any atom is -0.349 e. The van der Waals surface area contributed by atoms with E-state index in [1.165, 1.54) is 0 Å². The van der Waals surface area contributed by atoms with Gasteiger partial charge in [0.05, 0.1) is 16.9 Å². The van der Waals surface area contributed by atoms with E-state index in [1.807, 2.05) is 44.2 Å². The van der Waals surface area contributed by atoms with Gasteiger partial charge in [-0.2, -0.15) is 10.1 Å². The number of hydrogen-bond acceptors (Lipinski definition) is 5. The van der Waals surface area contributed by atoms with Crippen LogP contribution in [0, 0.1) is 13.8 Å². The van der Waals surface area contributed by atoms with Gasteiger partial charge in [0.25, 0.3) is 0 Å². The highest BCUT2D eigenvalue weighted by Crippen LogP contribution is 2.29. The van der Waals surface area contributed by atoms with E-state index >= 15 is 0 Å². The standard InChI is InChI=1S/C18H17Cl2N5/c1-11-7-12(2)17(15(20)8-11)23-16-10-22-25-18(24-16)21-9-13-5-3-4-6-14(13)19/h3-8,10H,9H2,1-2H3,(H2,21,23,24,25). The maximum atomic E-state index is 6.33. The van der Waals surface area contributed by atoms with Crippen LogP contribution in [0.15, 0.2) is 42.6 Å². The fourth-order valence-electron chi connectivity index (χ4n) is 2.46. The zero-order valence-corrected chi connectivity index (χ0v) is 15.4. The number of hydrogen-bond donors (Lipinski definition) is 2. The van der Waals surface area contributed by atoms with Crippen molar-refractivity contribution < 1.29 is 0 Å². The van der Waals surface area contributed by atoms with Crippen molar-refractivity contribution in [3.8, 4) is 0 Å². The first-order chi connectivity index (χ1) is 12.0. The molecule has 2 N–H and O–H groups in total. The molecule has 0 spiro atoms. The molecule has 7 heteroatoms. The smallest absolute Gasteiger partial charge is 0.244 e. The highest BCUT2D eigenvalue weighted by Gasteiger charge is 2.08. The topological polar surface area (TPSA) is 62.7 Å². The quantitative estimate of drug-likeness (QED) is 0.647. The molecule has 1 heterocycles. The molecular formula is C18H17Cl2N5. The Bertz CT molecular complexity index is 875. The summed E-state index contributed by atoms with van der Waals surface area (Å²) in [5.74, 6) is 0.969. The molecule has 128 valence electrons. The number of halogens is 2. The molecule has 0 fully saturated rings. The summed E-state index contributed by atoms with van der Waals surface area (Å²) in [6, 6.07) is 11.6. The van der Waals surface area contributed by atoms with E-state index in [2.05, 4.69) is 31.9 Å². The number of nitrogens with one attached hydrogen (secondary N) is 2. The molecule has 3 aromatic rings. The molecule has 0 bridgehead atoms. The molecule has 0 amide bonds. The minimum absolute atomic E-state index is 0.408. The second-order valence-electron chi connectivity index (χ2n) is 5.67. The van der Waals surface area contributed by atoms with Crippen molar-refractivity contribution in [1.29, 1.82) is 0 Å². The molecule has 25 heavy (non-hydrogen) atoms. The van der Waals surface area contributed by atoms with E-state index in [-0.39, 0.29) is 0 Å². The van der Waals surface area contributed by atoms with E-state index in [9.17, 15) is 0 Å². The zero-order valence-electron chi connectivity index (χ0n) is 13.8. The third-order valence-corrected chi connectivity index (χ3v) is 4.31. The van der Waals surface area contributed by atoms with Crippen LogP contribution >= 0.6 is 23.2 Å². The summed E-state index contributed by atoms with van der Waals surface area (Å²) >= 11 is 12.5. The maximum absolute atomic E-state index is 6.33. The van der Waals surface area contributed by atoms with Gasteiger partial charge in [0.2, 0.25) is 5.95 Å². The molecule has 5 nitrogen and oxygen atoms in total. The molecule has 1 aromatic heterocycles. The van der Waals surface area contributed by atoms with Crippen LogP contribution < -0.4 is 10.6 Å². The Morgan fingerprint density at radius 2 is 1.84 bits per heavy atom. The van der Waals surface area contributed by atoms with Crippen molar-refractivity contribution in [2.75, 3.05) is 10.6 Å². The third kappa shape index (κ3) is 4.38. The summed E-state index contributed by atoms with van der Waals surface area (Å²) in [6.45, 7) is 4.51. The lowest BCUT2D eigenvalue weighted by atomic mass is 10.1. The number of anilines is 3. The van der Waals surface area contributed by atoms with Crippen molar-refractivity contribution in [2.45, 2.75) is 20.4 Å². The van der Waals surface area contributed by atoms with Gasteiger partial charge in [0, 0.05) is 11.6 Å². The Balaban J connectivity index is 1.75. The average molecular weight is 374 g/mol. The van der Waals surface area contributed by atoms with Crippen LogP contribution in [0.4, 0.5) is 17.5 Å². The Morgan fingerprint density at radius 1 is 1.04 bits per heavy atom. The average Bonchev–Trinajstić information content (AvgIpc) is 2.58. The molecule has 2 aromatic carbocycles. The van der Waals surface area contributed by atoms with Gasteiger partial charge in [-0.25, -0.2) is 0 Å². The van der Waals surface area contributed by atoms with Crippen LogP contribution in [-0.4, -0.2) is 15.2 Å². The van der Waals surface area contributed by atoms with Crippen molar-refractivity contribution >= 4 is 40.7 Å². The lowest BCUT2D eigenvalue weighted by Crippen LogP contribution is -2.07. The van der Waals surface area contributed by atoms with Gasteiger partial charge in [0.1, 0.15) is 0 Å². The number of benzene rings is 2. The summed E-state index contributed by atoms with van der Waals surface area (Å²) < 4.78 is 0. The summed E-state index contributed by atoms with van der Waals surface area (Å²) in [5.41, 5.74) is 3.92. The molecule has 0 atom stereocenters. The highest BCUT2D eigenvalue weighted by atomic mass is 35.5. The fourth-order valence-corrected chi connectivity index (χ4v) is 3.03. The third-order valence-electron chi connectivity index (χ3n) is 3.64. The molecule has 0 unspecified atom stereocenters. The lowest BCUT2D eigenvalue weighted by Gasteiger charge is -2.12. The van der Waals surface area contributed by atoms with Crippen molar-refractivity contribution in [3.05, 3.63) is 69.3 Å². The molecular weight excluding hydrogens is 357 g/mol. The largest absolute Gasteiger partial charge is 0.349 e. The van der Waals surface area contributed by atoms with Crippen molar-refractivity contribution in [2.24, 2.45) is 0 Å². The van der Waals surface area contributed by atoms with Crippen LogP contribution in [0.25, 0.3) is 0 Å².